The fourth-order valence-electron chi connectivity index (χ4n) is 4.73. The number of aryl methyl sites for hydroxylation is 1. The van der Waals surface area contributed by atoms with Gasteiger partial charge in [-0.2, -0.15) is 13.2 Å². The number of nitrogens with one attached hydrogen (secondary N) is 1. The van der Waals surface area contributed by atoms with E-state index >= 15 is 0 Å². The van der Waals surface area contributed by atoms with E-state index < -0.39 is 30.0 Å². The van der Waals surface area contributed by atoms with Crippen molar-refractivity contribution >= 4 is 17.0 Å². The van der Waals surface area contributed by atoms with Crippen molar-refractivity contribution in [1.82, 2.24) is 15.0 Å². The minimum atomic E-state index is -4.88. The van der Waals surface area contributed by atoms with Gasteiger partial charge in [-0.3, -0.25) is 0 Å². The Balaban J connectivity index is 1.64. The van der Waals surface area contributed by atoms with Crippen LogP contribution in [0.1, 0.15) is 49.9 Å². The lowest BCUT2D eigenvalue weighted by Gasteiger charge is -2.38. The average Bonchev–Trinajstić information content (AvgIpc) is 3.37. The van der Waals surface area contributed by atoms with Crippen molar-refractivity contribution in [2.75, 3.05) is 18.0 Å². The van der Waals surface area contributed by atoms with Crippen molar-refractivity contribution in [3.63, 3.8) is 0 Å². The molecule has 4 rings (SSSR count). The van der Waals surface area contributed by atoms with Crippen LogP contribution in [0.4, 0.5) is 19.1 Å². The number of fused-ring (bicyclic) bond motifs is 1. The number of benzene rings is 1. The summed E-state index contributed by atoms with van der Waals surface area (Å²) in [6.07, 6.45) is -2.48. The molecule has 0 spiro atoms. The second-order valence-electron chi connectivity index (χ2n) is 9.75. The van der Waals surface area contributed by atoms with Crippen LogP contribution in [0.5, 0.6) is 5.75 Å². The number of aromatic nitrogens is 3. The van der Waals surface area contributed by atoms with Crippen LogP contribution >= 0.6 is 0 Å². The normalized spacial score (nSPS) is 17.0. The van der Waals surface area contributed by atoms with Gasteiger partial charge in [-0.1, -0.05) is 31.5 Å². The van der Waals surface area contributed by atoms with Crippen LogP contribution in [-0.2, 0) is 11.8 Å². The van der Waals surface area contributed by atoms with E-state index in [4.69, 9.17) is 0 Å². The van der Waals surface area contributed by atoms with Crippen molar-refractivity contribution in [3.8, 4) is 5.75 Å². The molecule has 1 atom stereocenters. The van der Waals surface area contributed by atoms with E-state index in [1.54, 1.807) is 45.2 Å². The first kappa shape index (κ1) is 23.4. The lowest BCUT2D eigenvalue weighted by molar-refractivity contribution is -0.266. The van der Waals surface area contributed by atoms with E-state index in [1.165, 1.54) is 6.07 Å². The van der Waals surface area contributed by atoms with Crippen molar-refractivity contribution in [2.45, 2.75) is 63.6 Å². The second-order valence-corrected chi connectivity index (χ2v) is 9.75. The zero-order chi connectivity index (χ0) is 24.0. The van der Waals surface area contributed by atoms with Gasteiger partial charge in [0.05, 0.1) is 17.2 Å². The number of aromatic hydroxyl groups is 1. The summed E-state index contributed by atoms with van der Waals surface area (Å²) in [4.78, 5) is 13.8. The summed E-state index contributed by atoms with van der Waals surface area (Å²) in [6.45, 7) is 6.71. The molecule has 33 heavy (non-hydrogen) atoms. The summed E-state index contributed by atoms with van der Waals surface area (Å²) < 4.78 is 42.5. The highest BCUT2D eigenvalue weighted by Gasteiger charge is 2.56. The van der Waals surface area contributed by atoms with Gasteiger partial charge in [0, 0.05) is 25.2 Å². The predicted molar refractivity (Wildman–Crippen MR) is 121 cm³/mol. The van der Waals surface area contributed by atoms with Crippen LogP contribution < -0.4 is 4.90 Å². The van der Waals surface area contributed by atoms with Crippen molar-refractivity contribution in [2.24, 2.45) is 0 Å². The number of rotatable bonds is 6. The smallest absolute Gasteiger partial charge is 0.417 e. The molecule has 2 aromatic heterocycles. The van der Waals surface area contributed by atoms with Gasteiger partial charge < -0.3 is 20.1 Å². The zero-order valence-corrected chi connectivity index (χ0v) is 19.0. The van der Waals surface area contributed by atoms with Crippen LogP contribution in [0.3, 0.4) is 0 Å². The molecular weight excluding hydrogens is 433 g/mol. The van der Waals surface area contributed by atoms with Crippen LogP contribution in [0.15, 0.2) is 30.5 Å². The zero-order valence-electron chi connectivity index (χ0n) is 19.0. The summed E-state index contributed by atoms with van der Waals surface area (Å²) in [5, 5.41) is 21.2. The molecule has 6 nitrogen and oxygen atoms in total. The van der Waals surface area contributed by atoms with Crippen LogP contribution in [-0.4, -0.2) is 50.0 Å². The number of hydrogen-bond donors (Lipinski definition) is 3. The lowest BCUT2D eigenvalue weighted by Crippen LogP contribution is -2.50. The first-order valence-electron chi connectivity index (χ1n) is 11.1. The number of aliphatic hydroxyl groups is 1. The summed E-state index contributed by atoms with van der Waals surface area (Å²) in [6, 6.07) is 6.36. The molecule has 3 heterocycles. The van der Waals surface area contributed by atoms with Crippen LogP contribution in [0.25, 0.3) is 11.0 Å². The maximum Gasteiger partial charge on any atom is 0.417 e. The molecule has 3 N–H and O–H groups in total. The van der Waals surface area contributed by atoms with Crippen LogP contribution in [0.2, 0.25) is 0 Å². The molecule has 178 valence electrons. The summed E-state index contributed by atoms with van der Waals surface area (Å²) >= 11 is 0. The molecule has 9 heteroatoms. The minimum absolute atomic E-state index is 0.0922. The Hall–Kier alpha value is -2.81. The third-order valence-electron chi connectivity index (χ3n) is 6.43. The first-order valence-corrected chi connectivity index (χ1v) is 11.1. The van der Waals surface area contributed by atoms with E-state index in [9.17, 15) is 23.4 Å². The van der Waals surface area contributed by atoms with Crippen molar-refractivity contribution < 1.29 is 23.4 Å². The molecular formula is C24H29F3N4O2. The molecule has 0 amide bonds. The second kappa shape index (κ2) is 8.20. The third-order valence-corrected chi connectivity index (χ3v) is 6.43. The fourth-order valence-corrected chi connectivity index (χ4v) is 4.73. The number of hydrogen-bond acceptors (Lipinski definition) is 5. The van der Waals surface area contributed by atoms with Crippen molar-refractivity contribution in [3.05, 3.63) is 47.3 Å². The average molecular weight is 463 g/mol. The number of H-pyrrole nitrogens is 1. The molecule has 0 saturated carbocycles. The molecule has 3 aromatic rings. The van der Waals surface area contributed by atoms with Gasteiger partial charge in [-0.05, 0) is 49.3 Å². The number of phenolic OH excluding ortho intramolecular Hbond substituents is 1. The van der Waals surface area contributed by atoms with Gasteiger partial charge in [0.25, 0.3) is 0 Å². The molecule has 1 aliphatic rings. The first-order chi connectivity index (χ1) is 15.4. The van der Waals surface area contributed by atoms with E-state index in [0.717, 1.165) is 31.5 Å². The standard InChI is InChI=1S/C24H29F3N4O2/c1-15-6-7-20(32)17(10-15)22(2,3)14-23(33,24(25,26)27)12-16-11-18-19(29-16)13-28-21(30-18)31-8-4-5-9-31/h6-7,10-11,13,29,32-33H,4-5,8-9,12,14H2,1-3H3. The molecule has 0 bridgehead atoms. The Morgan fingerprint density at radius 1 is 1.12 bits per heavy atom. The lowest BCUT2D eigenvalue weighted by atomic mass is 9.73. The molecule has 1 unspecified atom stereocenters. The van der Waals surface area contributed by atoms with Crippen molar-refractivity contribution in [1.29, 1.82) is 0 Å². The Kier molecular flexibility index (Phi) is 5.80. The molecule has 1 aliphatic heterocycles. The highest BCUT2D eigenvalue weighted by Crippen LogP contribution is 2.45. The number of alkyl halides is 3. The number of anilines is 1. The largest absolute Gasteiger partial charge is 0.508 e. The Labute approximate surface area is 190 Å². The fraction of sp³-hybridized carbons (Fsp3) is 0.500. The maximum atomic E-state index is 14.2. The summed E-state index contributed by atoms with van der Waals surface area (Å²) in [7, 11) is 0. The molecule has 1 fully saturated rings. The highest BCUT2D eigenvalue weighted by atomic mass is 19.4. The highest BCUT2D eigenvalue weighted by molar-refractivity contribution is 5.76. The topological polar surface area (TPSA) is 85.3 Å². The number of nitrogens with zero attached hydrogens (tertiary/aromatic N) is 3. The van der Waals surface area contributed by atoms with E-state index in [1.807, 2.05) is 0 Å². The SMILES string of the molecule is Cc1ccc(O)c(C(C)(C)CC(O)(Cc2cc3nc(N4CCCC4)ncc3[nH]2)C(F)(F)F)c1. The Morgan fingerprint density at radius 3 is 2.48 bits per heavy atom. The van der Waals surface area contributed by atoms with Gasteiger partial charge in [0.15, 0.2) is 5.60 Å². The molecule has 0 radical (unpaired) electrons. The number of aromatic amines is 1. The summed E-state index contributed by atoms with van der Waals surface area (Å²) in [5.41, 5.74) is -1.72. The molecule has 0 aliphatic carbocycles. The maximum absolute atomic E-state index is 14.2. The van der Waals surface area contributed by atoms with E-state index in [2.05, 4.69) is 19.9 Å². The summed E-state index contributed by atoms with van der Waals surface area (Å²) in [5.74, 6) is 0.471. The van der Waals surface area contributed by atoms with Gasteiger partial charge >= 0.3 is 6.18 Å². The van der Waals surface area contributed by atoms with Gasteiger partial charge in [-0.15, -0.1) is 0 Å². The number of halogens is 3. The minimum Gasteiger partial charge on any atom is -0.508 e. The Morgan fingerprint density at radius 2 is 1.82 bits per heavy atom. The van der Waals surface area contributed by atoms with Gasteiger partial charge in [0.2, 0.25) is 5.95 Å². The molecule has 1 saturated heterocycles. The molecule has 1 aromatic carbocycles. The monoisotopic (exact) mass is 462 g/mol. The van der Waals surface area contributed by atoms with E-state index in [-0.39, 0.29) is 11.4 Å². The Bertz CT molecular complexity index is 1150. The third kappa shape index (κ3) is 4.64. The quantitative estimate of drug-likeness (QED) is 0.491. The van der Waals surface area contributed by atoms with Crippen LogP contribution in [0, 0.1) is 6.92 Å². The van der Waals surface area contributed by atoms with Gasteiger partial charge in [0.1, 0.15) is 5.75 Å². The predicted octanol–water partition coefficient (Wildman–Crippen LogP) is 4.78. The van der Waals surface area contributed by atoms with Gasteiger partial charge in [-0.25, -0.2) is 9.97 Å². The van der Waals surface area contributed by atoms with E-state index in [0.29, 0.717) is 22.5 Å². The number of phenols is 1.